The third-order valence-electron chi connectivity index (χ3n) is 0.815. The van der Waals surface area contributed by atoms with E-state index in [9.17, 15) is 4.79 Å². The Morgan fingerprint density at radius 2 is 2.25 bits per heavy atom. The van der Waals surface area contributed by atoms with Crippen LogP contribution in [0.15, 0.2) is 0 Å². The molecule has 0 saturated carbocycles. The lowest BCUT2D eigenvalue weighted by Gasteiger charge is -1.97. The highest BCUT2D eigenvalue weighted by molar-refractivity contribution is 5.55. The maximum atomic E-state index is 9.68. The second kappa shape index (κ2) is 4.74. The molecule has 0 heterocycles. The van der Waals surface area contributed by atoms with Crippen LogP contribution in [0.25, 0.3) is 0 Å². The number of aliphatic hydroxyl groups is 2. The highest BCUT2D eigenvalue weighted by Gasteiger charge is 1.97. The van der Waals surface area contributed by atoms with Gasteiger partial charge >= 0.3 is 0 Å². The van der Waals surface area contributed by atoms with Gasteiger partial charge in [0.1, 0.15) is 12.4 Å². The summed E-state index contributed by atoms with van der Waals surface area (Å²) >= 11 is 0. The molecule has 0 bridgehead atoms. The van der Waals surface area contributed by atoms with Gasteiger partial charge in [-0.3, -0.25) is 0 Å². The molecule has 0 rings (SSSR count). The fourth-order valence-electron chi connectivity index (χ4n) is 0.368. The van der Waals surface area contributed by atoms with Gasteiger partial charge in [0, 0.05) is 6.61 Å². The highest BCUT2D eigenvalue weighted by atomic mass is 16.3. The number of aliphatic hydroxyl groups excluding tert-OH is 2. The van der Waals surface area contributed by atoms with Gasteiger partial charge in [0.05, 0.1) is 0 Å². The van der Waals surface area contributed by atoms with E-state index in [-0.39, 0.29) is 6.61 Å². The molecule has 3 nitrogen and oxygen atoms in total. The van der Waals surface area contributed by atoms with Crippen LogP contribution in [-0.2, 0) is 4.79 Å². The van der Waals surface area contributed by atoms with Crippen molar-refractivity contribution in [3.8, 4) is 0 Å². The largest absolute Gasteiger partial charge is 0.396 e. The summed E-state index contributed by atoms with van der Waals surface area (Å²) < 4.78 is 0. The lowest BCUT2D eigenvalue weighted by Crippen LogP contribution is -2.07. The third-order valence-corrected chi connectivity index (χ3v) is 0.815. The van der Waals surface area contributed by atoms with Crippen LogP contribution >= 0.6 is 0 Å². The molecule has 0 aliphatic rings. The number of carbonyl (C=O) groups is 1. The molecule has 3 heteroatoms. The van der Waals surface area contributed by atoms with Crippen molar-refractivity contribution < 1.29 is 15.0 Å². The van der Waals surface area contributed by atoms with E-state index in [2.05, 4.69) is 0 Å². The summed E-state index contributed by atoms with van der Waals surface area (Å²) in [6, 6.07) is 0. The van der Waals surface area contributed by atoms with Crippen molar-refractivity contribution >= 4 is 6.29 Å². The van der Waals surface area contributed by atoms with Crippen molar-refractivity contribution in [2.75, 3.05) is 6.61 Å². The van der Waals surface area contributed by atoms with Crippen LogP contribution in [0.5, 0.6) is 0 Å². The minimum absolute atomic E-state index is 0.0326. The second-order valence-electron chi connectivity index (χ2n) is 1.57. The minimum Gasteiger partial charge on any atom is -0.396 e. The topological polar surface area (TPSA) is 57.5 Å². The first-order valence-electron chi connectivity index (χ1n) is 2.55. The van der Waals surface area contributed by atoms with Crippen molar-refractivity contribution in [1.82, 2.24) is 0 Å². The number of aldehydes is 1. The van der Waals surface area contributed by atoms with Gasteiger partial charge in [0.25, 0.3) is 0 Å². The van der Waals surface area contributed by atoms with E-state index in [1.807, 2.05) is 0 Å². The molecule has 0 spiro atoms. The van der Waals surface area contributed by atoms with Crippen LogP contribution in [0.3, 0.4) is 0 Å². The van der Waals surface area contributed by atoms with Crippen LogP contribution in [0.1, 0.15) is 12.8 Å². The molecular weight excluding hydrogens is 108 g/mol. The Kier molecular flexibility index (Phi) is 4.50. The van der Waals surface area contributed by atoms with Crippen molar-refractivity contribution in [3.05, 3.63) is 0 Å². The van der Waals surface area contributed by atoms with Gasteiger partial charge in [-0.15, -0.1) is 0 Å². The van der Waals surface area contributed by atoms with Gasteiger partial charge in [-0.2, -0.15) is 0 Å². The smallest absolute Gasteiger partial charge is 0.148 e. The molecule has 0 radical (unpaired) electrons. The zero-order valence-electron chi connectivity index (χ0n) is 4.58. The fourth-order valence-corrected chi connectivity index (χ4v) is 0.368. The molecule has 1 unspecified atom stereocenters. The predicted octanol–water partition coefficient (Wildman–Crippen LogP) is -0.681. The molecule has 0 fully saturated rings. The summed E-state index contributed by atoms with van der Waals surface area (Å²) in [6.07, 6.45) is 0.428. The lowest BCUT2D eigenvalue weighted by molar-refractivity contribution is -0.115. The highest BCUT2D eigenvalue weighted by Crippen LogP contribution is 1.90. The van der Waals surface area contributed by atoms with E-state index < -0.39 is 6.10 Å². The number of rotatable bonds is 4. The Morgan fingerprint density at radius 1 is 1.62 bits per heavy atom. The molecule has 0 aliphatic heterocycles. The monoisotopic (exact) mass is 118 g/mol. The van der Waals surface area contributed by atoms with Gasteiger partial charge in [-0.05, 0) is 12.8 Å². The van der Waals surface area contributed by atoms with Gasteiger partial charge in [-0.25, -0.2) is 0 Å². The minimum atomic E-state index is -0.887. The van der Waals surface area contributed by atoms with Crippen LogP contribution in [0.2, 0.25) is 0 Å². The SMILES string of the molecule is O=CC(O)CCCO. The van der Waals surface area contributed by atoms with E-state index in [4.69, 9.17) is 10.2 Å². The van der Waals surface area contributed by atoms with Gasteiger partial charge < -0.3 is 15.0 Å². The Labute approximate surface area is 47.9 Å². The van der Waals surface area contributed by atoms with E-state index in [0.717, 1.165) is 0 Å². The summed E-state index contributed by atoms with van der Waals surface area (Å²) in [4.78, 5) is 9.68. The first-order valence-corrected chi connectivity index (χ1v) is 2.55. The van der Waals surface area contributed by atoms with Gasteiger partial charge in [0.2, 0.25) is 0 Å². The average molecular weight is 118 g/mol. The zero-order valence-corrected chi connectivity index (χ0v) is 4.58. The van der Waals surface area contributed by atoms with Crippen LogP contribution in [-0.4, -0.2) is 29.2 Å². The third kappa shape index (κ3) is 3.77. The van der Waals surface area contributed by atoms with E-state index in [1.165, 1.54) is 0 Å². The molecule has 2 N–H and O–H groups in total. The number of hydrogen-bond donors (Lipinski definition) is 2. The van der Waals surface area contributed by atoms with Crippen LogP contribution in [0, 0.1) is 0 Å². The Morgan fingerprint density at radius 3 is 2.62 bits per heavy atom. The zero-order chi connectivity index (χ0) is 6.41. The summed E-state index contributed by atoms with van der Waals surface area (Å²) in [7, 11) is 0. The van der Waals surface area contributed by atoms with E-state index in [0.29, 0.717) is 19.1 Å². The van der Waals surface area contributed by atoms with E-state index >= 15 is 0 Å². The average Bonchev–Trinajstić information content (AvgIpc) is 1.83. The number of hydrogen-bond acceptors (Lipinski definition) is 3. The van der Waals surface area contributed by atoms with Crippen molar-refractivity contribution in [2.24, 2.45) is 0 Å². The molecule has 48 valence electrons. The van der Waals surface area contributed by atoms with E-state index in [1.54, 1.807) is 0 Å². The summed E-state index contributed by atoms with van der Waals surface area (Å²) in [6.45, 7) is 0.0326. The number of carbonyl (C=O) groups excluding carboxylic acids is 1. The fraction of sp³-hybridized carbons (Fsp3) is 0.800. The van der Waals surface area contributed by atoms with Gasteiger partial charge in [-0.1, -0.05) is 0 Å². The molecule has 0 amide bonds. The van der Waals surface area contributed by atoms with Crippen LogP contribution < -0.4 is 0 Å². The lowest BCUT2D eigenvalue weighted by atomic mass is 10.2. The normalized spacial score (nSPS) is 13.2. The maximum Gasteiger partial charge on any atom is 0.148 e. The Balaban J connectivity index is 2.98. The summed E-state index contributed by atoms with van der Waals surface area (Å²) in [5.74, 6) is 0. The first-order chi connectivity index (χ1) is 3.81. The molecule has 0 aromatic carbocycles. The van der Waals surface area contributed by atoms with Crippen molar-refractivity contribution in [2.45, 2.75) is 18.9 Å². The maximum absolute atomic E-state index is 9.68. The Bertz CT molecular complexity index is 62.7. The molecule has 8 heavy (non-hydrogen) atoms. The standard InChI is InChI=1S/C5H10O3/c6-3-1-2-5(8)4-7/h4-6,8H,1-3H2. The Hall–Kier alpha value is -0.410. The van der Waals surface area contributed by atoms with Gasteiger partial charge in [0.15, 0.2) is 0 Å². The molecule has 0 aliphatic carbocycles. The summed E-state index contributed by atoms with van der Waals surface area (Å²) in [5.41, 5.74) is 0. The van der Waals surface area contributed by atoms with Crippen molar-refractivity contribution in [1.29, 1.82) is 0 Å². The molecule has 0 aromatic heterocycles. The molecule has 0 aromatic rings. The quantitative estimate of drug-likeness (QED) is 0.481. The molecular formula is C5H10O3. The second-order valence-corrected chi connectivity index (χ2v) is 1.57. The first kappa shape index (κ1) is 7.59. The molecule has 1 atom stereocenters. The summed E-state index contributed by atoms with van der Waals surface area (Å²) in [5, 5.41) is 16.7. The van der Waals surface area contributed by atoms with Crippen molar-refractivity contribution in [3.63, 3.8) is 0 Å². The molecule has 0 saturated heterocycles. The predicted molar refractivity (Wildman–Crippen MR) is 28.4 cm³/mol. The van der Waals surface area contributed by atoms with Crippen LogP contribution in [0.4, 0.5) is 0 Å².